The Bertz CT molecular complexity index is 383. The molecule has 0 bridgehead atoms. The summed E-state index contributed by atoms with van der Waals surface area (Å²) in [5, 5.41) is 9.37. The normalized spacial score (nSPS) is 15.9. The molecule has 18 heavy (non-hydrogen) atoms. The van der Waals surface area contributed by atoms with Crippen molar-refractivity contribution in [3.05, 3.63) is 35.9 Å². The van der Waals surface area contributed by atoms with E-state index in [1.807, 2.05) is 18.2 Å². The summed E-state index contributed by atoms with van der Waals surface area (Å²) in [5.41, 5.74) is 5.44. The molecule has 0 amide bonds. The maximum absolute atomic E-state index is 11.4. The van der Waals surface area contributed by atoms with E-state index < -0.39 is 11.5 Å². The molecule has 2 unspecified atom stereocenters. The van der Waals surface area contributed by atoms with Gasteiger partial charge in [-0.15, -0.1) is 0 Å². The van der Waals surface area contributed by atoms with E-state index in [2.05, 4.69) is 13.8 Å². The first-order valence-corrected chi connectivity index (χ1v) is 7.31. The van der Waals surface area contributed by atoms with Crippen molar-refractivity contribution in [3.63, 3.8) is 0 Å². The molecule has 2 atom stereocenters. The fraction of sp³-hybridized carbons (Fsp3) is 0.500. The van der Waals surface area contributed by atoms with Crippen LogP contribution in [0.3, 0.4) is 0 Å². The lowest BCUT2D eigenvalue weighted by Crippen LogP contribution is -2.47. The van der Waals surface area contributed by atoms with E-state index in [1.165, 1.54) is 0 Å². The van der Waals surface area contributed by atoms with E-state index in [4.69, 9.17) is 5.73 Å². The number of nitrogens with two attached hydrogens (primary N) is 1. The molecule has 4 heteroatoms. The Morgan fingerprint density at radius 2 is 2.06 bits per heavy atom. The molecular formula is C14H21NO2S. The van der Waals surface area contributed by atoms with Crippen molar-refractivity contribution >= 4 is 17.7 Å². The van der Waals surface area contributed by atoms with E-state index in [1.54, 1.807) is 23.9 Å². The van der Waals surface area contributed by atoms with Crippen LogP contribution >= 0.6 is 11.8 Å². The van der Waals surface area contributed by atoms with Crippen molar-refractivity contribution in [2.75, 3.05) is 11.5 Å². The van der Waals surface area contributed by atoms with Gasteiger partial charge in [0.05, 0.1) is 0 Å². The van der Waals surface area contributed by atoms with Gasteiger partial charge in [-0.1, -0.05) is 50.6 Å². The molecule has 0 aliphatic carbocycles. The molecule has 1 rings (SSSR count). The standard InChI is InChI=1S/C14H21NO2S/c1-3-11(2)9-18-10-14(15,13(16)17)12-7-5-4-6-8-12/h4-8,11H,3,9-10,15H2,1-2H3,(H,16,17). The maximum atomic E-state index is 11.4. The van der Waals surface area contributed by atoms with Gasteiger partial charge in [-0.05, 0) is 17.2 Å². The molecule has 1 aromatic rings. The number of benzene rings is 1. The average Bonchev–Trinajstić information content (AvgIpc) is 2.39. The predicted molar refractivity (Wildman–Crippen MR) is 76.7 cm³/mol. The summed E-state index contributed by atoms with van der Waals surface area (Å²) in [5.74, 6) is 0.959. The molecule has 0 spiro atoms. The summed E-state index contributed by atoms with van der Waals surface area (Å²) in [6.45, 7) is 4.30. The van der Waals surface area contributed by atoms with Crippen molar-refractivity contribution in [2.24, 2.45) is 11.7 Å². The van der Waals surface area contributed by atoms with Gasteiger partial charge in [0.15, 0.2) is 0 Å². The highest BCUT2D eigenvalue weighted by Gasteiger charge is 2.35. The minimum atomic E-state index is -1.29. The molecule has 1 aromatic carbocycles. The van der Waals surface area contributed by atoms with Crippen LogP contribution in [-0.2, 0) is 10.3 Å². The van der Waals surface area contributed by atoms with Gasteiger partial charge >= 0.3 is 5.97 Å². The number of rotatable bonds is 7. The molecule has 0 fully saturated rings. The molecule has 0 heterocycles. The predicted octanol–water partition coefficient (Wildman–Crippen LogP) is 2.70. The average molecular weight is 267 g/mol. The third kappa shape index (κ3) is 3.75. The molecule has 3 nitrogen and oxygen atoms in total. The maximum Gasteiger partial charge on any atom is 0.329 e. The quantitative estimate of drug-likeness (QED) is 0.797. The highest BCUT2D eigenvalue weighted by Crippen LogP contribution is 2.25. The van der Waals surface area contributed by atoms with Crippen molar-refractivity contribution in [2.45, 2.75) is 25.8 Å². The zero-order valence-electron chi connectivity index (χ0n) is 10.9. The highest BCUT2D eigenvalue weighted by molar-refractivity contribution is 7.99. The number of hydrogen-bond acceptors (Lipinski definition) is 3. The first-order valence-electron chi connectivity index (χ1n) is 6.16. The van der Waals surface area contributed by atoms with Crippen LogP contribution in [0.5, 0.6) is 0 Å². The van der Waals surface area contributed by atoms with Crippen molar-refractivity contribution in [3.8, 4) is 0 Å². The highest BCUT2D eigenvalue weighted by atomic mass is 32.2. The van der Waals surface area contributed by atoms with Crippen LogP contribution in [0.2, 0.25) is 0 Å². The van der Waals surface area contributed by atoms with E-state index in [9.17, 15) is 9.90 Å². The fourth-order valence-electron chi connectivity index (χ4n) is 1.54. The molecule has 0 radical (unpaired) electrons. The smallest absolute Gasteiger partial charge is 0.329 e. The summed E-state index contributed by atoms with van der Waals surface area (Å²) in [7, 11) is 0. The lowest BCUT2D eigenvalue weighted by Gasteiger charge is -2.25. The Labute approximate surface area is 113 Å². The first-order chi connectivity index (χ1) is 8.50. The monoisotopic (exact) mass is 267 g/mol. The van der Waals surface area contributed by atoms with E-state index in [0.29, 0.717) is 17.2 Å². The minimum absolute atomic E-state index is 0.399. The van der Waals surface area contributed by atoms with Crippen molar-refractivity contribution in [1.82, 2.24) is 0 Å². The largest absolute Gasteiger partial charge is 0.480 e. The number of aliphatic carboxylic acids is 1. The van der Waals surface area contributed by atoms with Gasteiger partial charge in [0.1, 0.15) is 5.54 Å². The second-order valence-electron chi connectivity index (χ2n) is 4.67. The van der Waals surface area contributed by atoms with Crippen LogP contribution in [-0.4, -0.2) is 22.6 Å². The Balaban J connectivity index is 2.73. The van der Waals surface area contributed by atoms with Crippen molar-refractivity contribution in [1.29, 1.82) is 0 Å². The van der Waals surface area contributed by atoms with E-state index >= 15 is 0 Å². The lowest BCUT2D eigenvalue weighted by atomic mass is 9.93. The van der Waals surface area contributed by atoms with Crippen LogP contribution in [0.1, 0.15) is 25.8 Å². The van der Waals surface area contributed by atoms with E-state index in [-0.39, 0.29) is 0 Å². The fourth-order valence-corrected chi connectivity index (χ4v) is 2.91. The third-order valence-electron chi connectivity index (χ3n) is 3.10. The Hall–Kier alpha value is -1.00. The van der Waals surface area contributed by atoms with E-state index in [0.717, 1.165) is 12.2 Å². The van der Waals surface area contributed by atoms with Crippen LogP contribution in [0.25, 0.3) is 0 Å². The van der Waals surface area contributed by atoms with Crippen LogP contribution in [0, 0.1) is 5.92 Å². The Morgan fingerprint density at radius 1 is 1.44 bits per heavy atom. The Morgan fingerprint density at radius 3 is 2.56 bits per heavy atom. The summed E-state index contributed by atoms with van der Waals surface area (Å²) >= 11 is 1.61. The van der Waals surface area contributed by atoms with Crippen LogP contribution in [0.15, 0.2) is 30.3 Å². The molecule has 0 saturated carbocycles. The van der Waals surface area contributed by atoms with Crippen LogP contribution in [0.4, 0.5) is 0 Å². The number of thioether (sulfide) groups is 1. The topological polar surface area (TPSA) is 63.3 Å². The summed E-state index contributed by atoms with van der Waals surface area (Å²) in [6.07, 6.45) is 1.10. The second kappa shape index (κ2) is 6.81. The zero-order valence-corrected chi connectivity index (χ0v) is 11.7. The molecule has 100 valence electrons. The van der Waals surface area contributed by atoms with Gasteiger partial charge in [-0.3, -0.25) is 0 Å². The molecule has 0 aliphatic heterocycles. The Kier molecular flexibility index (Phi) is 5.69. The van der Waals surface area contributed by atoms with Gasteiger partial charge < -0.3 is 10.8 Å². The van der Waals surface area contributed by atoms with Gasteiger partial charge in [0, 0.05) is 5.75 Å². The van der Waals surface area contributed by atoms with Gasteiger partial charge in [-0.25, -0.2) is 4.79 Å². The third-order valence-corrected chi connectivity index (χ3v) is 4.56. The number of carboxylic acid groups (broad SMARTS) is 1. The first kappa shape index (κ1) is 15.1. The molecule has 0 saturated heterocycles. The van der Waals surface area contributed by atoms with Crippen LogP contribution < -0.4 is 5.73 Å². The molecule has 0 aliphatic rings. The van der Waals surface area contributed by atoms with Gasteiger partial charge in [0.25, 0.3) is 0 Å². The molecular weight excluding hydrogens is 246 g/mol. The summed E-state index contributed by atoms with van der Waals surface area (Å²) < 4.78 is 0. The SMILES string of the molecule is CCC(C)CSCC(N)(C(=O)O)c1ccccc1. The van der Waals surface area contributed by atoms with Crippen molar-refractivity contribution < 1.29 is 9.90 Å². The van der Waals surface area contributed by atoms with Gasteiger partial charge in [-0.2, -0.15) is 11.8 Å². The zero-order chi connectivity index (χ0) is 13.6. The number of carboxylic acids is 1. The number of hydrogen-bond donors (Lipinski definition) is 2. The number of carbonyl (C=O) groups is 1. The molecule has 3 N–H and O–H groups in total. The summed E-state index contributed by atoms with van der Waals surface area (Å²) in [6, 6.07) is 9.05. The minimum Gasteiger partial charge on any atom is -0.480 e. The molecule has 0 aromatic heterocycles. The second-order valence-corrected chi connectivity index (χ2v) is 5.70. The lowest BCUT2D eigenvalue weighted by molar-refractivity contribution is -0.142. The summed E-state index contributed by atoms with van der Waals surface area (Å²) in [4.78, 5) is 11.4. The van der Waals surface area contributed by atoms with Gasteiger partial charge in [0.2, 0.25) is 0 Å².